The van der Waals surface area contributed by atoms with Crippen molar-refractivity contribution in [3.63, 3.8) is 0 Å². The molecule has 4 nitrogen and oxygen atoms in total. The van der Waals surface area contributed by atoms with Crippen molar-refractivity contribution in [2.45, 2.75) is 44.2 Å². The minimum atomic E-state index is 0.665. The van der Waals surface area contributed by atoms with Crippen LogP contribution >= 0.6 is 0 Å². The molecule has 2 fully saturated rings. The van der Waals surface area contributed by atoms with E-state index in [-0.39, 0.29) is 0 Å². The summed E-state index contributed by atoms with van der Waals surface area (Å²) in [5.74, 6) is 1.51. The maximum Gasteiger partial charge on any atom is 0.150 e. The van der Waals surface area contributed by atoms with Crippen LogP contribution < -0.4 is 5.73 Å². The highest BCUT2D eigenvalue weighted by molar-refractivity contribution is 5.45. The Morgan fingerprint density at radius 1 is 1.12 bits per heavy atom. The Kier molecular flexibility index (Phi) is 1.70. The van der Waals surface area contributed by atoms with Crippen LogP contribution in [0.2, 0.25) is 0 Å². The summed E-state index contributed by atoms with van der Waals surface area (Å²) < 4.78 is 2.27. The quantitative estimate of drug-likeness (QED) is 0.777. The molecule has 2 bridgehead atoms. The van der Waals surface area contributed by atoms with Crippen molar-refractivity contribution < 1.29 is 0 Å². The van der Waals surface area contributed by atoms with Gasteiger partial charge < -0.3 is 5.73 Å². The van der Waals surface area contributed by atoms with Crippen molar-refractivity contribution in [1.82, 2.24) is 14.7 Å². The Balaban J connectivity index is 1.88. The molecule has 3 aliphatic heterocycles. The van der Waals surface area contributed by atoms with Crippen LogP contribution in [0.5, 0.6) is 0 Å². The summed E-state index contributed by atoms with van der Waals surface area (Å²) >= 11 is 0. The molecule has 1 aromatic rings. The van der Waals surface area contributed by atoms with Gasteiger partial charge in [0.25, 0.3) is 0 Å². The van der Waals surface area contributed by atoms with Crippen molar-refractivity contribution >= 4 is 5.82 Å². The van der Waals surface area contributed by atoms with Crippen LogP contribution in [0, 0.1) is 0 Å². The maximum atomic E-state index is 6.09. The van der Waals surface area contributed by atoms with Gasteiger partial charge in [-0.15, -0.1) is 0 Å². The minimum Gasteiger partial charge on any atom is -0.382 e. The van der Waals surface area contributed by atoms with Crippen molar-refractivity contribution in [2.24, 2.45) is 0 Å². The molecule has 86 valence electrons. The molecule has 16 heavy (non-hydrogen) atoms. The average molecular weight is 218 g/mol. The van der Waals surface area contributed by atoms with Crippen LogP contribution in [-0.2, 0) is 6.54 Å². The second-order valence-corrected chi connectivity index (χ2v) is 5.48. The van der Waals surface area contributed by atoms with Crippen LogP contribution in [0.4, 0.5) is 5.82 Å². The monoisotopic (exact) mass is 218 g/mol. The highest BCUT2D eigenvalue weighted by atomic mass is 15.3. The Morgan fingerprint density at radius 3 is 2.56 bits per heavy atom. The summed E-state index contributed by atoms with van der Waals surface area (Å²) in [6.45, 7) is 3.51. The fraction of sp³-hybridized carbons (Fsp3) is 0.750. The number of fused-ring (bicyclic) bond motifs is 2. The van der Waals surface area contributed by atoms with E-state index in [1.807, 2.05) is 0 Å². The van der Waals surface area contributed by atoms with Crippen LogP contribution in [0.25, 0.3) is 0 Å². The molecular formula is C12H18N4. The second-order valence-electron chi connectivity index (χ2n) is 5.48. The number of hydrogen-bond donors (Lipinski definition) is 1. The number of nitrogens with two attached hydrogens (primary N) is 1. The third kappa shape index (κ3) is 1.16. The summed E-state index contributed by atoms with van der Waals surface area (Å²) in [7, 11) is 0. The second kappa shape index (κ2) is 3.00. The number of hydrogen-bond acceptors (Lipinski definition) is 3. The zero-order chi connectivity index (χ0) is 10.7. The lowest BCUT2D eigenvalue weighted by atomic mass is 9.94. The fourth-order valence-electron chi connectivity index (χ4n) is 3.28. The van der Waals surface area contributed by atoms with E-state index in [1.54, 1.807) is 0 Å². The van der Waals surface area contributed by atoms with Gasteiger partial charge in [0, 0.05) is 23.7 Å². The van der Waals surface area contributed by atoms with E-state index in [1.165, 1.54) is 50.0 Å². The smallest absolute Gasteiger partial charge is 0.150 e. The van der Waals surface area contributed by atoms with E-state index in [0.29, 0.717) is 6.04 Å². The topological polar surface area (TPSA) is 47.1 Å². The Morgan fingerprint density at radius 2 is 1.88 bits per heavy atom. The first-order chi connectivity index (χ1) is 7.83. The third-order valence-corrected chi connectivity index (χ3v) is 4.33. The molecule has 0 spiro atoms. The maximum absolute atomic E-state index is 6.09. The first-order valence-electron chi connectivity index (χ1n) is 6.42. The standard InChI is InChI=1S/C12H18N4/c13-12-10-7-15-5-3-8(4-6-15)11(10)16(14-12)9-1-2-9/h8-9H,1-7H2,(H2,13,14). The largest absolute Gasteiger partial charge is 0.382 e. The first kappa shape index (κ1) is 9.05. The van der Waals surface area contributed by atoms with E-state index < -0.39 is 0 Å². The van der Waals surface area contributed by atoms with Gasteiger partial charge >= 0.3 is 0 Å². The van der Waals surface area contributed by atoms with Gasteiger partial charge in [-0.1, -0.05) is 0 Å². The van der Waals surface area contributed by atoms with Crippen molar-refractivity contribution in [2.75, 3.05) is 18.8 Å². The van der Waals surface area contributed by atoms with E-state index in [2.05, 4.69) is 14.7 Å². The molecule has 4 heteroatoms. The molecular weight excluding hydrogens is 200 g/mol. The molecule has 0 aromatic carbocycles. The number of nitrogen functional groups attached to an aromatic ring is 1. The van der Waals surface area contributed by atoms with Gasteiger partial charge in [0.2, 0.25) is 0 Å². The Labute approximate surface area is 95.4 Å². The molecule has 1 saturated heterocycles. The normalized spacial score (nSPS) is 32.5. The number of aromatic nitrogens is 2. The molecule has 4 aliphatic rings. The number of nitrogens with zero attached hydrogens (tertiary/aromatic N) is 3. The highest BCUT2D eigenvalue weighted by Gasteiger charge is 2.36. The summed E-state index contributed by atoms with van der Waals surface area (Å²) in [6.07, 6.45) is 5.18. The lowest BCUT2D eigenvalue weighted by molar-refractivity contribution is 0.218. The third-order valence-electron chi connectivity index (χ3n) is 4.33. The molecule has 4 heterocycles. The zero-order valence-electron chi connectivity index (χ0n) is 9.52. The van der Waals surface area contributed by atoms with Crippen molar-refractivity contribution in [3.8, 4) is 0 Å². The molecule has 1 aliphatic carbocycles. The SMILES string of the molecule is Nc1nn(C2CC2)c2c1CN1CCC2CC1. The lowest BCUT2D eigenvalue weighted by Gasteiger charge is -2.27. The Hall–Kier alpha value is -1.03. The van der Waals surface area contributed by atoms with Crippen LogP contribution in [-0.4, -0.2) is 27.8 Å². The van der Waals surface area contributed by atoms with E-state index in [9.17, 15) is 0 Å². The predicted molar refractivity (Wildman–Crippen MR) is 62.2 cm³/mol. The fourth-order valence-corrected chi connectivity index (χ4v) is 3.28. The molecule has 2 N–H and O–H groups in total. The predicted octanol–water partition coefficient (Wildman–Crippen LogP) is 1.49. The van der Waals surface area contributed by atoms with E-state index >= 15 is 0 Å². The van der Waals surface area contributed by atoms with E-state index in [0.717, 1.165) is 18.3 Å². The summed E-state index contributed by atoms with van der Waals surface area (Å²) in [6, 6.07) is 0.665. The summed E-state index contributed by atoms with van der Waals surface area (Å²) in [5.41, 5.74) is 8.92. The molecule has 1 saturated carbocycles. The average Bonchev–Trinajstić information content (AvgIpc) is 3.12. The minimum absolute atomic E-state index is 0.665. The number of anilines is 1. The van der Waals surface area contributed by atoms with Crippen LogP contribution in [0.1, 0.15) is 48.9 Å². The summed E-state index contributed by atoms with van der Waals surface area (Å²) in [5, 5.41) is 4.58. The Bertz CT molecular complexity index is 424. The van der Waals surface area contributed by atoms with Crippen LogP contribution in [0.3, 0.4) is 0 Å². The zero-order valence-corrected chi connectivity index (χ0v) is 9.52. The van der Waals surface area contributed by atoms with Gasteiger partial charge in [-0.05, 0) is 38.8 Å². The molecule has 0 atom stereocenters. The van der Waals surface area contributed by atoms with Gasteiger partial charge in [-0.25, -0.2) is 0 Å². The van der Waals surface area contributed by atoms with Crippen molar-refractivity contribution in [1.29, 1.82) is 0 Å². The van der Waals surface area contributed by atoms with Gasteiger partial charge in [0.05, 0.1) is 6.04 Å². The van der Waals surface area contributed by atoms with Gasteiger partial charge in [0.1, 0.15) is 5.82 Å². The molecule has 0 radical (unpaired) electrons. The van der Waals surface area contributed by atoms with Crippen molar-refractivity contribution in [3.05, 3.63) is 11.3 Å². The van der Waals surface area contributed by atoms with Gasteiger partial charge in [-0.2, -0.15) is 5.10 Å². The lowest BCUT2D eigenvalue weighted by Crippen LogP contribution is -2.29. The van der Waals surface area contributed by atoms with E-state index in [4.69, 9.17) is 5.73 Å². The number of rotatable bonds is 1. The highest BCUT2D eigenvalue weighted by Crippen LogP contribution is 2.43. The molecule has 0 unspecified atom stereocenters. The summed E-state index contributed by atoms with van der Waals surface area (Å²) in [4.78, 5) is 2.53. The van der Waals surface area contributed by atoms with Crippen LogP contribution in [0.15, 0.2) is 0 Å². The molecule has 1 aromatic heterocycles. The van der Waals surface area contributed by atoms with Gasteiger partial charge in [0.15, 0.2) is 0 Å². The molecule has 5 rings (SSSR count). The van der Waals surface area contributed by atoms with Gasteiger partial charge in [-0.3, -0.25) is 9.58 Å². The molecule has 0 amide bonds. The number of piperidine rings is 1. The first-order valence-corrected chi connectivity index (χ1v) is 6.42.